The smallest absolute Gasteiger partial charge is 0.0601 e. The summed E-state index contributed by atoms with van der Waals surface area (Å²) in [5.74, 6) is 0. The first kappa shape index (κ1) is 35.1. The van der Waals surface area contributed by atoms with Crippen molar-refractivity contribution in [2.75, 3.05) is 9.80 Å². The van der Waals surface area contributed by atoms with Crippen LogP contribution >= 0.6 is 23.5 Å². The molecule has 2 nitrogen and oxygen atoms in total. The molecule has 1 spiro atoms. The molecule has 4 aliphatic rings. The molecule has 0 saturated carbocycles. The minimum Gasteiger partial charge on any atom is -0.308 e. The molecule has 2 aliphatic carbocycles. The minimum atomic E-state index is -0.147. The summed E-state index contributed by atoms with van der Waals surface area (Å²) in [4.78, 5) is 10.0. The lowest BCUT2D eigenvalue weighted by molar-refractivity contribution is 0.563. The van der Waals surface area contributed by atoms with E-state index < -0.39 is 0 Å². The Morgan fingerprint density at radius 1 is 0.393 bits per heavy atom. The fraction of sp³-hybridized carbons (Fsp3) is 0.0526. The van der Waals surface area contributed by atoms with Gasteiger partial charge in [0.2, 0.25) is 0 Å². The normalized spacial score (nSPS) is 15.0. The van der Waals surface area contributed by atoms with Crippen LogP contribution in [0.2, 0.25) is 0 Å². The number of para-hydroxylation sites is 4. The average molecular weight is 815 g/mol. The van der Waals surface area contributed by atoms with Crippen LogP contribution in [0, 0.1) is 0 Å². The van der Waals surface area contributed by atoms with Crippen LogP contribution in [0.5, 0.6) is 0 Å². The first-order chi connectivity index (χ1) is 30.2. The van der Waals surface area contributed by atoms with E-state index in [-0.39, 0.29) is 5.41 Å². The maximum Gasteiger partial charge on any atom is 0.0601 e. The van der Waals surface area contributed by atoms with Crippen molar-refractivity contribution in [3.05, 3.63) is 228 Å². The quantitative estimate of drug-likeness (QED) is 0.163. The van der Waals surface area contributed by atoms with Gasteiger partial charge in [-0.3, -0.25) is 0 Å². The molecule has 0 N–H and O–H groups in total. The second-order valence-corrected chi connectivity index (χ2v) is 18.7. The molecule has 0 unspecified atom stereocenters. The maximum absolute atomic E-state index is 2.52. The van der Waals surface area contributed by atoms with Crippen molar-refractivity contribution in [2.45, 2.75) is 37.8 Å². The Labute approximate surface area is 364 Å². The summed E-state index contributed by atoms with van der Waals surface area (Å²) < 4.78 is 0. The first-order valence-electron chi connectivity index (χ1n) is 21.1. The fourth-order valence-electron chi connectivity index (χ4n) is 10.5. The highest BCUT2D eigenvalue weighted by Gasteiger charge is 2.47. The van der Waals surface area contributed by atoms with Crippen LogP contribution in [-0.4, -0.2) is 0 Å². The van der Waals surface area contributed by atoms with E-state index in [1.807, 2.05) is 23.5 Å². The molecule has 4 heteroatoms. The van der Waals surface area contributed by atoms with Crippen molar-refractivity contribution < 1.29 is 0 Å². The summed E-state index contributed by atoms with van der Waals surface area (Å²) in [6, 6.07) is 72.3. The van der Waals surface area contributed by atoms with E-state index in [2.05, 4.69) is 216 Å². The summed E-state index contributed by atoms with van der Waals surface area (Å²) in [5.41, 5.74) is 18.1. The lowest BCUT2D eigenvalue weighted by atomic mass is 9.75. The van der Waals surface area contributed by atoms with Gasteiger partial charge in [-0.2, -0.15) is 0 Å². The Balaban J connectivity index is 0.910. The summed E-state index contributed by atoms with van der Waals surface area (Å²) in [6.45, 7) is 0. The van der Waals surface area contributed by atoms with E-state index in [0.717, 1.165) is 12.8 Å². The number of benzene rings is 9. The second kappa shape index (κ2) is 13.7. The zero-order valence-corrected chi connectivity index (χ0v) is 34.9. The predicted molar refractivity (Wildman–Crippen MR) is 257 cm³/mol. The zero-order valence-electron chi connectivity index (χ0n) is 33.3. The van der Waals surface area contributed by atoms with Gasteiger partial charge in [0.05, 0.1) is 28.4 Å². The van der Waals surface area contributed by atoms with Gasteiger partial charge in [0.1, 0.15) is 0 Å². The highest BCUT2D eigenvalue weighted by atomic mass is 32.2. The highest BCUT2D eigenvalue weighted by Crippen LogP contribution is 2.59. The maximum atomic E-state index is 2.52. The van der Waals surface area contributed by atoms with Crippen LogP contribution < -0.4 is 9.80 Å². The van der Waals surface area contributed by atoms with E-state index in [0.29, 0.717) is 0 Å². The Kier molecular flexibility index (Phi) is 7.85. The number of nitrogens with zero attached hydrogens (tertiary/aromatic N) is 2. The first-order valence-corrected chi connectivity index (χ1v) is 22.7. The number of hydrogen-bond donors (Lipinski definition) is 0. The molecule has 288 valence electrons. The van der Waals surface area contributed by atoms with Gasteiger partial charge in [-0.05, 0) is 129 Å². The SMILES string of the molecule is C(=Cc1ccc(N2c3ccccc3Sc3ccccc32)c2ccccc12)c1ccc2c(c1)C1(Cc3ccccc3C1)c1cc(N3c4ccccc4Sc4ccccc43)ccc1-2. The molecular formula is C57H38N2S2. The number of hydrogen-bond acceptors (Lipinski definition) is 4. The molecule has 0 atom stereocenters. The van der Waals surface area contributed by atoms with Crippen LogP contribution in [-0.2, 0) is 18.3 Å². The van der Waals surface area contributed by atoms with Gasteiger partial charge in [0.15, 0.2) is 0 Å². The van der Waals surface area contributed by atoms with Crippen molar-refractivity contribution >= 4 is 80.6 Å². The lowest BCUT2D eigenvalue weighted by Gasteiger charge is -2.34. The highest BCUT2D eigenvalue weighted by molar-refractivity contribution is 8.00. The largest absolute Gasteiger partial charge is 0.308 e. The standard InChI is InChI=1S/C57H38N2S2/c1-2-14-40-36-57(35-39(40)13-1)46-33-37(26-30-43(46)44-31-29-41(34-47(44)57)58-49-17-5-9-21-53(49)60-54-22-10-6-18-50(54)58)25-27-38-28-32-48(45-16-4-3-15-42(38)45)59-51-19-7-11-23-55(51)61-56-24-12-8-20-52(56)59/h1-34H,35-36H2. The summed E-state index contributed by atoms with van der Waals surface area (Å²) in [6.07, 6.45) is 6.64. The van der Waals surface area contributed by atoms with Crippen LogP contribution in [0.15, 0.2) is 214 Å². The summed E-state index contributed by atoms with van der Waals surface area (Å²) >= 11 is 3.71. The molecule has 0 radical (unpaired) electrons. The monoisotopic (exact) mass is 814 g/mol. The number of anilines is 6. The van der Waals surface area contributed by atoms with Crippen LogP contribution in [0.3, 0.4) is 0 Å². The van der Waals surface area contributed by atoms with Gasteiger partial charge >= 0.3 is 0 Å². The number of rotatable bonds is 4. The fourth-order valence-corrected chi connectivity index (χ4v) is 12.6. The van der Waals surface area contributed by atoms with Crippen molar-refractivity contribution in [2.24, 2.45) is 0 Å². The van der Waals surface area contributed by atoms with Gasteiger partial charge in [0, 0.05) is 36.1 Å². The molecule has 2 heterocycles. The topological polar surface area (TPSA) is 6.48 Å². The van der Waals surface area contributed by atoms with E-state index in [9.17, 15) is 0 Å². The van der Waals surface area contributed by atoms with Crippen LogP contribution in [0.25, 0.3) is 34.1 Å². The third kappa shape index (κ3) is 5.39. The van der Waals surface area contributed by atoms with Crippen LogP contribution in [0.4, 0.5) is 34.1 Å². The zero-order chi connectivity index (χ0) is 40.1. The Hall–Kier alpha value is -6.72. The lowest BCUT2D eigenvalue weighted by Crippen LogP contribution is -2.26. The van der Waals surface area contributed by atoms with E-state index in [4.69, 9.17) is 0 Å². The van der Waals surface area contributed by atoms with Gasteiger partial charge < -0.3 is 9.80 Å². The van der Waals surface area contributed by atoms with Gasteiger partial charge in [0.25, 0.3) is 0 Å². The molecule has 0 aromatic heterocycles. The molecule has 9 aromatic rings. The molecule has 0 fully saturated rings. The van der Waals surface area contributed by atoms with Gasteiger partial charge in [-0.15, -0.1) is 0 Å². The van der Waals surface area contributed by atoms with Crippen molar-refractivity contribution in [1.29, 1.82) is 0 Å². The molecule has 0 saturated heterocycles. The van der Waals surface area contributed by atoms with Gasteiger partial charge in [-0.25, -0.2) is 0 Å². The van der Waals surface area contributed by atoms with Gasteiger partial charge in [-0.1, -0.05) is 163 Å². The van der Waals surface area contributed by atoms with Crippen LogP contribution in [0.1, 0.15) is 33.4 Å². The van der Waals surface area contributed by atoms with Crippen molar-refractivity contribution in [1.82, 2.24) is 0 Å². The second-order valence-electron chi connectivity index (χ2n) is 16.5. The summed E-state index contributed by atoms with van der Waals surface area (Å²) in [7, 11) is 0. The Morgan fingerprint density at radius 3 is 1.49 bits per heavy atom. The molecule has 13 rings (SSSR count). The molecule has 0 bridgehead atoms. The predicted octanol–water partition coefficient (Wildman–Crippen LogP) is 15.9. The van der Waals surface area contributed by atoms with E-state index in [1.165, 1.54) is 109 Å². The minimum absolute atomic E-state index is 0.147. The molecule has 0 amide bonds. The average Bonchev–Trinajstić information content (AvgIpc) is 3.83. The van der Waals surface area contributed by atoms with Crippen molar-refractivity contribution in [3.63, 3.8) is 0 Å². The molecule has 2 aliphatic heterocycles. The van der Waals surface area contributed by atoms with E-state index in [1.54, 1.807) is 0 Å². The Bertz CT molecular complexity index is 3190. The Morgan fingerprint density at radius 2 is 0.885 bits per heavy atom. The summed E-state index contributed by atoms with van der Waals surface area (Å²) in [5, 5.41) is 2.48. The van der Waals surface area contributed by atoms with Crippen molar-refractivity contribution in [3.8, 4) is 11.1 Å². The molecule has 61 heavy (non-hydrogen) atoms. The third-order valence-corrected chi connectivity index (χ3v) is 15.5. The van der Waals surface area contributed by atoms with E-state index >= 15 is 0 Å². The molecular weight excluding hydrogens is 777 g/mol. The number of fused-ring (bicyclic) bond motifs is 11. The third-order valence-electron chi connectivity index (χ3n) is 13.2. The molecule has 9 aromatic carbocycles.